The van der Waals surface area contributed by atoms with Crippen LogP contribution in [0.3, 0.4) is 0 Å². The zero-order valence-electron chi connectivity index (χ0n) is 8.35. The summed E-state index contributed by atoms with van der Waals surface area (Å²) in [5.41, 5.74) is 1.63. The van der Waals surface area contributed by atoms with Gasteiger partial charge in [-0.05, 0) is 23.7 Å². The maximum absolute atomic E-state index is 12.7. The first-order valence-corrected chi connectivity index (χ1v) is 5.10. The van der Waals surface area contributed by atoms with Gasteiger partial charge < -0.3 is 4.98 Å². The number of rotatable bonds is 1. The predicted molar refractivity (Wildman–Crippen MR) is 59.9 cm³/mol. The summed E-state index contributed by atoms with van der Waals surface area (Å²) in [5, 5.41) is 0.127. The Bertz CT molecular complexity index is 679. The summed E-state index contributed by atoms with van der Waals surface area (Å²) in [5.74, 6) is 0.101. The summed E-state index contributed by atoms with van der Waals surface area (Å²) in [4.78, 5) is 18.9. The number of hydrogen-bond donors (Lipinski definition) is 1. The molecule has 17 heavy (non-hydrogen) atoms. The first-order valence-electron chi connectivity index (χ1n) is 4.72. The van der Waals surface area contributed by atoms with Crippen LogP contribution in [0.2, 0.25) is 5.28 Å². The van der Waals surface area contributed by atoms with E-state index in [1.807, 2.05) is 0 Å². The van der Waals surface area contributed by atoms with Gasteiger partial charge in [0.2, 0.25) is 5.28 Å². The van der Waals surface area contributed by atoms with Crippen LogP contribution in [0.4, 0.5) is 4.39 Å². The fraction of sp³-hybridized carbons (Fsp3) is 0. The van der Waals surface area contributed by atoms with Crippen molar-refractivity contribution in [2.45, 2.75) is 0 Å². The summed E-state index contributed by atoms with van der Waals surface area (Å²) in [7, 11) is 0. The fourth-order valence-electron chi connectivity index (χ4n) is 1.42. The predicted octanol–water partition coefficient (Wildman–Crippen LogP) is 2.21. The number of halogens is 2. The van der Waals surface area contributed by atoms with Gasteiger partial charge in [-0.2, -0.15) is 4.98 Å². The molecule has 3 aromatic rings. The van der Waals surface area contributed by atoms with Crippen molar-refractivity contribution < 1.29 is 4.39 Å². The summed E-state index contributed by atoms with van der Waals surface area (Å²) >= 11 is 5.65. The monoisotopic (exact) mass is 249 g/mol. The summed E-state index contributed by atoms with van der Waals surface area (Å²) in [6.07, 6.45) is 2.66. The average Bonchev–Trinajstić information content (AvgIpc) is 2.72. The molecule has 3 heterocycles. The van der Waals surface area contributed by atoms with Gasteiger partial charge in [-0.15, -0.1) is 0 Å². The number of aromatic amines is 1. The molecule has 5 nitrogen and oxygen atoms in total. The number of imidazole rings is 1. The van der Waals surface area contributed by atoms with E-state index in [9.17, 15) is 4.39 Å². The zero-order valence-corrected chi connectivity index (χ0v) is 9.11. The number of fused-ring (bicyclic) bond motifs is 1. The molecule has 0 bridgehead atoms. The Balaban J connectivity index is 2.14. The lowest BCUT2D eigenvalue weighted by Crippen LogP contribution is -1.86. The molecular weight excluding hydrogens is 245 g/mol. The van der Waals surface area contributed by atoms with Gasteiger partial charge in [-0.3, -0.25) is 0 Å². The van der Waals surface area contributed by atoms with Crippen molar-refractivity contribution in [3.05, 3.63) is 35.6 Å². The highest BCUT2D eigenvalue weighted by Gasteiger charge is 2.08. The van der Waals surface area contributed by atoms with Gasteiger partial charge in [0, 0.05) is 0 Å². The van der Waals surface area contributed by atoms with E-state index in [4.69, 9.17) is 11.6 Å². The van der Waals surface area contributed by atoms with Crippen LogP contribution in [0.15, 0.2) is 24.5 Å². The molecule has 84 valence electrons. The van der Waals surface area contributed by atoms with Crippen molar-refractivity contribution in [2.75, 3.05) is 0 Å². The van der Waals surface area contributed by atoms with E-state index in [0.29, 0.717) is 22.7 Å². The minimum Gasteiger partial charge on any atom is -0.334 e. The van der Waals surface area contributed by atoms with Gasteiger partial charge in [0.05, 0.1) is 12.4 Å². The molecule has 3 aromatic heterocycles. The van der Waals surface area contributed by atoms with Gasteiger partial charge in [0.15, 0.2) is 11.5 Å². The largest absolute Gasteiger partial charge is 0.334 e. The molecule has 0 aliphatic rings. The van der Waals surface area contributed by atoms with Crippen LogP contribution in [-0.2, 0) is 0 Å². The second-order valence-electron chi connectivity index (χ2n) is 3.32. The average molecular weight is 250 g/mol. The Morgan fingerprint density at radius 3 is 2.76 bits per heavy atom. The first-order chi connectivity index (χ1) is 8.22. The highest BCUT2D eigenvalue weighted by molar-refractivity contribution is 6.28. The number of H-pyrrole nitrogens is 1. The number of hydrogen-bond acceptors (Lipinski definition) is 4. The Morgan fingerprint density at radius 1 is 1.12 bits per heavy atom. The van der Waals surface area contributed by atoms with Gasteiger partial charge in [-0.1, -0.05) is 0 Å². The smallest absolute Gasteiger partial charge is 0.224 e. The molecule has 0 aliphatic carbocycles. The quantitative estimate of drug-likeness (QED) is 0.672. The lowest BCUT2D eigenvalue weighted by atomic mass is 10.3. The van der Waals surface area contributed by atoms with E-state index < -0.39 is 5.82 Å². The van der Waals surface area contributed by atoms with E-state index in [1.165, 1.54) is 18.3 Å². The third-order valence-electron chi connectivity index (χ3n) is 2.18. The van der Waals surface area contributed by atoms with Crippen LogP contribution in [-0.4, -0.2) is 24.9 Å². The second kappa shape index (κ2) is 3.74. The molecule has 0 unspecified atom stereocenters. The zero-order chi connectivity index (χ0) is 11.8. The normalized spacial score (nSPS) is 10.9. The lowest BCUT2D eigenvalue weighted by molar-refractivity contribution is 0.621. The van der Waals surface area contributed by atoms with Gasteiger partial charge in [0.25, 0.3) is 0 Å². The van der Waals surface area contributed by atoms with Crippen molar-refractivity contribution >= 4 is 22.8 Å². The topological polar surface area (TPSA) is 67.3 Å². The van der Waals surface area contributed by atoms with E-state index >= 15 is 0 Å². The van der Waals surface area contributed by atoms with E-state index in [2.05, 4.69) is 24.9 Å². The van der Waals surface area contributed by atoms with Crippen LogP contribution < -0.4 is 0 Å². The summed E-state index contributed by atoms with van der Waals surface area (Å²) in [6.45, 7) is 0. The minimum absolute atomic E-state index is 0.127. The van der Waals surface area contributed by atoms with Crippen LogP contribution in [0, 0.1) is 5.82 Å². The Labute approximate surface area is 99.7 Å². The third kappa shape index (κ3) is 1.83. The van der Waals surface area contributed by atoms with Gasteiger partial charge in [-0.25, -0.2) is 19.3 Å². The molecule has 0 atom stereocenters. The number of nitrogens with zero attached hydrogens (tertiary/aromatic N) is 4. The molecule has 0 spiro atoms. The molecule has 3 rings (SSSR count). The van der Waals surface area contributed by atoms with Crippen molar-refractivity contribution in [2.24, 2.45) is 0 Å². The Morgan fingerprint density at radius 2 is 2.00 bits per heavy atom. The number of aromatic nitrogens is 5. The SMILES string of the molecule is Fc1ccc(-c2nc3nc(Cl)ncc3[nH]2)nc1. The third-order valence-corrected chi connectivity index (χ3v) is 2.36. The molecular formula is C10H5ClFN5. The Hall–Kier alpha value is -2.08. The number of pyridine rings is 1. The highest BCUT2D eigenvalue weighted by atomic mass is 35.5. The van der Waals surface area contributed by atoms with Crippen molar-refractivity contribution in [1.82, 2.24) is 24.9 Å². The van der Waals surface area contributed by atoms with Gasteiger partial charge >= 0.3 is 0 Å². The fourth-order valence-corrected chi connectivity index (χ4v) is 1.55. The molecule has 0 aromatic carbocycles. The molecule has 0 radical (unpaired) electrons. The van der Waals surface area contributed by atoms with Crippen LogP contribution in [0.5, 0.6) is 0 Å². The molecule has 1 N–H and O–H groups in total. The maximum atomic E-state index is 12.7. The maximum Gasteiger partial charge on any atom is 0.224 e. The lowest BCUT2D eigenvalue weighted by Gasteiger charge is -1.93. The Kier molecular flexibility index (Phi) is 2.22. The molecule has 0 fully saturated rings. The second-order valence-corrected chi connectivity index (χ2v) is 3.66. The van der Waals surface area contributed by atoms with Crippen LogP contribution >= 0.6 is 11.6 Å². The molecule has 0 amide bonds. The molecule has 0 saturated heterocycles. The van der Waals surface area contributed by atoms with E-state index in [1.54, 1.807) is 0 Å². The minimum atomic E-state index is -0.396. The van der Waals surface area contributed by atoms with Gasteiger partial charge in [0.1, 0.15) is 17.0 Å². The van der Waals surface area contributed by atoms with E-state index in [0.717, 1.165) is 6.20 Å². The standard InChI is InChI=1S/C10H5ClFN5/c11-10-14-4-7-9(17-10)16-8(15-7)6-2-1-5(12)3-13-6/h1-4H,(H,14,15,16,17). The first kappa shape index (κ1) is 10.1. The molecule has 7 heteroatoms. The highest BCUT2D eigenvalue weighted by Crippen LogP contribution is 2.17. The summed E-state index contributed by atoms with van der Waals surface area (Å²) in [6, 6.07) is 2.84. The molecule has 0 saturated carbocycles. The summed E-state index contributed by atoms with van der Waals surface area (Å²) < 4.78 is 12.7. The van der Waals surface area contributed by atoms with E-state index in [-0.39, 0.29) is 5.28 Å². The number of nitrogens with one attached hydrogen (secondary N) is 1. The van der Waals surface area contributed by atoms with Crippen molar-refractivity contribution in [3.8, 4) is 11.5 Å². The van der Waals surface area contributed by atoms with Crippen molar-refractivity contribution in [3.63, 3.8) is 0 Å². The van der Waals surface area contributed by atoms with Crippen LogP contribution in [0.1, 0.15) is 0 Å². The van der Waals surface area contributed by atoms with Crippen molar-refractivity contribution in [1.29, 1.82) is 0 Å². The molecule has 0 aliphatic heterocycles. The van der Waals surface area contributed by atoms with Crippen LogP contribution in [0.25, 0.3) is 22.7 Å².